The van der Waals surface area contributed by atoms with Gasteiger partial charge in [0.05, 0.1) is 6.61 Å². The van der Waals surface area contributed by atoms with Crippen molar-refractivity contribution in [1.82, 2.24) is 9.97 Å². The van der Waals surface area contributed by atoms with E-state index < -0.39 is 22.9 Å². The van der Waals surface area contributed by atoms with Crippen LogP contribution in [-0.4, -0.2) is 40.0 Å². The molecule has 0 aliphatic heterocycles. The van der Waals surface area contributed by atoms with Crippen LogP contribution in [0, 0.1) is 0 Å². The average molecular weight is 299 g/mol. The van der Waals surface area contributed by atoms with Crippen molar-refractivity contribution in [2.24, 2.45) is 0 Å². The number of hydrogen-bond donors (Lipinski definition) is 4. The Morgan fingerprint density at radius 3 is 2.52 bits per heavy atom. The zero-order chi connectivity index (χ0) is 15.8. The van der Waals surface area contributed by atoms with Gasteiger partial charge in [-0.15, -0.1) is 0 Å². The fourth-order valence-electron chi connectivity index (χ4n) is 1.45. The largest absolute Gasteiger partial charge is 0.477 e. The highest BCUT2D eigenvalue weighted by Crippen LogP contribution is 2.14. The molecule has 0 saturated heterocycles. The number of aromatic amines is 2. The maximum absolute atomic E-state index is 11.6. The summed E-state index contributed by atoms with van der Waals surface area (Å²) in [5.41, 5.74) is -1.97. The first kappa shape index (κ1) is 16.6. The van der Waals surface area contributed by atoms with Gasteiger partial charge in [-0.1, -0.05) is 0 Å². The molecular weight excluding hydrogens is 282 g/mol. The van der Waals surface area contributed by atoms with Crippen LogP contribution in [0.3, 0.4) is 0 Å². The molecular formula is C12H17N3O6. The number of aliphatic hydroxyl groups excluding tert-OH is 1. The second-order valence-corrected chi connectivity index (χ2v) is 4.26. The van der Waals surface area contributed by atoms with Gasteiger partial charge in [0, 0.05) is 13.5 Å². The van der Waals surface area contributed by atoms with E-state index in [2.05, 4.69) is 10.3 Å². The van der Waals surface area contributed by atoms with Gasteiger partial charge in [-0.2, -0.15) is 0 Å². The van der Waals surface area contributed by atoms with Gasteiger partial charge >= 0.3 is 5.69 Å². The summed E-state index contributed by atoms with van der Waals surface area (Å²) in [6, 6.07) is 0. The smallest absolute Gasteiger partial charge is 0.328 e. The van der Waals surface area contributed by atoms with Gasteiger partial charge in [0.2, 0.25) is 11.7 Å². The monoisotopic (exact) mass is 299 g/mol. The Bertz CT molecular complexity index is 618. The second kappa shape index (κ2) is 8.00. The fraction of sp³-hybridized carbons (Fsp3) is 0.500. The first-order chi connectivity index (χ1) is 9.95. The zero-order valence-corrected chi connectivity index (χ0v) is 11.5. The summed E-state index contributed by atoms with van der Waals surface area (Å²) < 4.78 is 5.24. The highest BCUT2D eigenvalue weighted by atomic mass is 16.5. The van der Waals surface area contributed by atoms with E-state index in [1.54, 1.807) is 0 Å². The number of carbonyl (C=O) groups is 2. The predicted molar refractivity (Wildman–Crippen MR) is 73.4 cm³/mol. The van der Waals surface area contributed by atoms with E-state index in [-0.39, 0.29) is 24.8 Å². The number of aliphatic hydroxyl groups is 1. The highest BCUT2D eigenvalue weighted by Gasteiger charge is 2.16. The number of carbonyl (C=O) groups excluding carboxylic acids is 2. The Hall–Kier alpha value is -2.42. The number of Topliss-reactive ketones (excluding diaryl/α,β-unsaturated/α-hetero) is 1. The highest BCUT2D eigenvalue weighted by molar-refractivity contribution is 6.39. The molecule has 1 heterocycles. The molecule has 9 nitrogen and oxygen atoms in total. The van der Waals surface area contributed by atoms with Crippen molar-refractivity contribution in [1.29, 1.82) is 0 Å². The molecule has 9 heteroatoms. The third-order valence-corrected chi connectivity index (χ3v) is 2.52. The molecule has 0 radical (unpaired) electrons. The molecule has 0 unspecified atom stereocenters. The normalized spacial score (nSPS) is 10.2. The Morgan fingerprint density at radius 2 is 1.90 bits per heavy atom. The van der Waals surface area contributed by atoms with E-state index in [0.29, 0.717) is 19.3 Å². The summed E-state index contributed by atoms with van der Waals surface area (Å²) in [5, 5.41) is 10.7. The fourth-order valence-corrected chi connectivity index (χ4v) is 1.45. The third kappa shape index (κ3) is 5.22. The minimum absolute atomic E-state index is 0.0712. The van der Waals surface area contributed by atoms with Crippen molar-refractivity contribution in [2.45, 2.75) is 26.2 Å². The summed E-state index contributed by atoms with van der Waals surface area (Å²) >= 11 is 0. The molecule has 0 aliphatic carbocycles. The molecule has 1 aromatic heterocycles. The van der Waals surface area contributed by atoms with Crippen molar-refractivity contribution in [3.63, 3.8) is 0 Å². The van der Waals surface area contributed by atoms with E-state index in [1.807, 2.05) is 4.98 Å². The minimum Gasteiger partial charge on any atom is -0.477 e. The van der Waals surface area contributed by atoms with Crippen molar-refractivity contribution < 1.29 is 19.4 Å². The van der Waals surface area contributed by atoms with Crippen LogP contribution in [0.2, 0.25) is 0 Å². The van der Waals surface area contributed by atoms with Gasteiger partial charge in [-0.25, -0.2) is 4.79 Å². The van der Waals surface area contributed by atoms with Crippen LogP contribution in [0.1, 0.15) is 26.2 Å². The third-order valence-electron chi connectivity index (χ3n) is 2.52. The van der Waals surface area contributed by atoms with E-state index >= 15 is 0 Å². The molecule has 1 amide bonds. The standard InChI is InChI=1S/C12H17N3O6/c1-7(17)9(18)13-8-10(19)14-12(20)15-11(8)21-6-4-2-3-5-16/h16H,2-6H2,1H3,(H,13,18)(H2,14,15,19,20). The van der Waals surface area contributed by atoms with Crippen LogP contribution in [-0.2, 0) is 9.59 Å². The van der Waals surface area contributed by atoms with Crippen LogP contribution in [0.4, 0.5) is 5.69 Å². The number of amides is 1. The molecule has 0 aliphatic rings. The summed E-state index contributed by atoms with van der Waals surface area (Å²) in [4.78, 5) is 49.3. The molecule has 1 rings (SSSR count). The van der Waals surface area contributed by atoms with E-state index in [0.717, 1.165) is 6.92 Å². The maximum atomic E-state index is 11.6. The van der Waals surface area contributed by atoms with Gasteiger partial charge in [-0.3, -0.25) is 24.4 Å². The van der Waals surface area contributed by atoms with E-state index in [9.17, 15) is 19.2 Å². The quantitative estimate of drug-likeness (QED) is 0.363. The average Bonchev–Trinajstić information content (AvgIpc) is 2.41. The number of aromatic nitrogens is 2. The zero-order valence-electron chi connectivity index (χ0n) is 11.5. The van der Waals surface area contributed by atoms with Crippen molar-refractivity contribution in [3.05, 3.63) is 20.8 Å². The van der Waals surface area contributed by atoms with Gasteiger partial charge < -0.3 is 15.2 Å². The maximum Gasteiger partial charge on any atom is 0.328 e. The topological polar surface area (TPSA) is 141 Å². The Morgan fingerprint density at radius 1 is 1.19 bits per heavy atom. The molecule has 21 heavy (non-hydrogen) atoms. The Kier molecular flexibility index (Phi) is 6.34. The van der Waals surface area contributed by atoms with Crippen molar-refractivity contribution in [2.75, 3.05) is 18.5 Å². The van der Waals surface area contributed by atoms with Crippen molar-refractivity contribution >= 4 is 17.4 Å². The number of H-pyrrole nitrogens is 2. The summed E-state index contributed by atoms with van der Waals surface area (Å²) in [6.07, 6.45) is 1.91. The molecule has 0 fully saturated rings. The molecule has 0 spiro atoms. The lowest BCUT2D eigenvalue weighted by molar-refractivity contribution is -0.133. The number of unbranched alkanes of at least 4 members (excludes halogenated alkanes) is 2. The molecule has 0 bridgehead atoms. The summed E-state index contributed by atoms with van der Waals surface area (Å²) in [7, 11) is 0. The Labute approximate surface area is 119 Å². The summed E-state index contributed by atoms with van der Waals surface area (Å²) in [5.74, 6) is -1.98. The first-order valence-electron chi connectivity index (χ1n) is 6.38. The number of hydrogen-bond acceptors (Lipinski definition) is 6. The van der Waals surface area contributed by atoms with Gasteiger partial charge in [-0.05, 0) is 19.3 Å². The SMILES string of the molecule is CC(=O)C(=O)Nc1c(OCCCCCO)[nH]c(=O)[nH]c1=O. The summed E-state index contributed by atoms with van der Waals surface area (Å²) in [6.45, 7) is 1.30. The van der Waals surface area contributed by atoms with Crippen LogP contribution >= 0.6 is 0 Å². The number of anilines is 1. The van der Waals surface area contributed by atoms with Gasteiger partial charge in [0.25, 0.3) is 11.5 Å². The predicted octanol–water partition coefficient (Wildman–Crippen LogP) is -0.868. The van der Waals surface area contributed by atoms with Crippen LogP contribution in [0.25, 0.3) is 0 Å². The number of ketones is 1. The van der Waals surface area contributed by atoms with Crippen LogP contribution in [0.15, 0.2) is 9.59 Å². The lowest BCUT2D eigenvalue weighted by Crippen LogP contribution is -2.30. The molecule has 0 aromatic carbocycles. The molecule has 1 aromatic rings. The lowest BCUT2D eigenvalue weighted by Gasteiger charge is -2.10. The molecule has 4 N–H and O–H groups in total. The van der Waals surface area contributed by atoms with Gasteiger partial charge in [0.15, 0.2) is 5.69 Å². The molecule has 0 atom stereocenters. The van der Waals surface area contributed by atoms with E-state index in [4.69, 9.17) is 9.84 Å². The second-order valence-electron chi connectivity index (χ2n) is 4.26. The van der Waals surface area contributed by atoms with Crippen LogP contribution < -0.4 is 21.3 Å². The van der Waals surface area contributed by atoms with Gasteiger partial charge in [0.1, 0.15) is 0 Å². The molecule has 0 saturated carbocycles. The minimum atomic E-state index is -0.988. The molecule has 116 valence electrons. The first-order valence-corrected chi connectivity index (χ1v) is 6.38. The van der Waals surface area contributed by atoms with Crippen LogP contribution in [0.5, 0.6) is 5.88 Å². The lowest BCUT2D eigenvalue weighted by atomic mass is 10.2. The van der Waals surface area contributed by atoms with E-state index in [1.165, 1.54) is 0 Å². The Balaban J connectivity index is 2.85. The number of rotatable bonds is 8. The number of ether oxygens (including phenoxy) is 1. The number of nitrogens with one attached hydrogen (secondary N) is 3. The van der Waals surface area contributed by atoms with Crippen molar-refractivity contribution in [3.8, 4) is 5.88 Å².